The second-order valence-electron chi connectivity index (χ2n) is 9.25. The summed E-state index contributed by atoms with van der Waals surface area (Å²) in [6.45, 7) is 1.15. The number of halogens is 4. The molecule has 2 atom stereocenters. The zero-order valence-electron chi connectivity index (χ0n) is 20.0. The Bertz CT molecular complexity index is 1340. The molecule has 4 rings (SSSR count). The molecule has 0 spiro atoms. The fourth-order valence-electron chi connectivity index (χ4n) is 4.53. The molecule has 1 heterocycles. The Kier molecular flexibility index (Phi) is 7.62. The van der Waals surface area contributed by atoms with Crippen LogP contribution in [0.1, 0.15) is 24.5 Å². The number of sulfonamides is 1. The van der Waals surface area contributed by atoms with Gasteiger partial charge in [-0.05, 0) is 54.8 Å². The minimum absolute atomic E-state index is 0.0739. The maximum atomic E-state index is 13.9. The van der Waals surface area contributed by atoms with E-state index < -0.39 is 33.7 Å². The van der Waals surface area contributed by atoms with Crippen LogP contribution in [0, 0.1) is 5.82 Å². The quantitative estimate of drug-likeness (QED) is 0.408. The molecule has 2 aliphatic rings. The van der Waals surface area contributed by atoms with E-state index >= 15 is 0 Å². The first-order chi connectivity index (χ1) is 17.3. The third-order valence-electron chi connectivity index (χ3n) is 6.70. The molecule has 1 N–H and O–H groups in total. The highest BCUT2D eigenvalue weighted by Crippen LogP contribution is 2.39. The number of aliphatic hydroxyl groups is 1. The first-order valence-electron chi connectivity index (χ1n) is 11.6. The highest BCUT2D eigenvalue weighted by molar-refractivity contribution is 7.96. The van der Waals surface area contributed by atoms with Crippen molar-refractivity contribution in [3.05, 3.63) is 88.6 Å². The van der Waals surface area contributed by atoms with Crippen molar-refractivity contribution >= 4 is 32.8 Å². The number of allylic oxidation sites excluding steroid dienone is 4. The number of anilines is 1. The molecule has 37 heavy (non-hydrogen) atoms. The Morgan fingerprint density at radius 1 is 1.11 bits per heavy atom. The Morgan fingerprint density at radius 3 is 2.43 bits per heavy atom. The van der Waals surface area contributed by atoms with Crippen LogP contribution in [0.4, 0.5) is 23.2 Å². The lowest BCUT2D eigenvalue weighted by molar-refractivity contribution is -0.258. The monoisotopic (exact) mass is 554 g/mol. The molecule has 2 aromatic carbocycles. The van der Waals surface area contributed by atoms with Crippen LogP contribution in [0.25, 0.3) is 0 Å². The third kappa shape index (κ3) is 5.64. The van der Waals surface area contributed by atoms with Gasteiger partial charge in [-0.2, -0.15) is 17.5 Å². The van der Waals surface area contributed by atoms with Crippen LogP contribution in [0.5, 0.6) is 0 Å². The molecule has 1 aliphatic heterocycles. The minimum atomic E-state index is -4.85. The van der Waals surface area contributed by atoms with E-state index in [-0.39, 0.29) is 30.1 Å². The van der Waals surface area contributed by atoms with E-state index in [0.717, 1.165) is 0 Å². The molecule has 1 saturated heterocycles. The summed E-state index contributed by atoms with van der Waals surface area (Å²) in [5.74, 6) is -0.424. The van der Waals surface area contributed by atoms with Crippen LogP contribution < -0.4 is 4.90 Å². The van der Waals surface area contributed by atoms with Gasteiger partial charge in [0.15, 0.2) is 5.60 Å². The molecular weight excluding hydrogens is 528 g/mol. The molecule has 0 bridgehead atoms. The second-order valence-corrected chi connectivity index (χ2v) is 11.6. The summed E-state index contributed by atoms with van der Waals surface area (Å²) in [4.78, 5) is 2.32. The lowest BCUT2D eigenvalue weighted by Gasteiger charge is -2.43. The van der Waals surface area contributed by atoms with E-state index in [1.807, 2.05) is 4.90 Å². The molecule has 0 radical (unpaired) electrons. The van der Waals surface area contributed by atoms with E-state index in [1.54, 1.807) is 24.3 Å². The van der Waals surface area contributed by atoms with Crippen LogP contribution >= 0.6 is 12.2 Å². The second kappa shape index (κ2) is 10.3. The number of thiocarbonyl (C=S) groups is 1. The number of hydrogen-bond acceptors (Lipinski definition) is 5. The van der Waals surface area contributed by atoms with Crippen LogP contribution in [0.15, 0.2) is 71.7 Å². The Morgan fingerprint density at radius 2 is 1.81 bits per heavy atom. The standard InChI is InChI=1S/C26H26F4N2O3S2/c1-25(33,26(28,29)30)19-9-11-21(12-10-19)32-14-13-31(37(34,35)24-8-3-2-7-23(24)36)17-22(32)16-18-5-4-6-20(27)15-18/h2-6,8-12,15,22,33H,7,13-14,16-17H2,1H3. The van der Waals surface area contributed by atoms with Crippen LogP contribution in [-0.4, -0.2) is 54.5 Å². The van der Waals surface area contributed by atoms with Crippen molar-refractivity contribution in [3.8, 4) is 0 Å². The van der Waals surface area contributed by atoms with Gasteiger partial charge in [-0.1, -0.05) is 48.6 Å². The van der Waals surface area contributed by atoms with Crippen LogP contribution in [0.3, 0.4) is 0 Å². The Balaban J connectivity index is 1.65. The highest BCUT2D eigenvalue weighted by atomic mass is 32.2. The number of rotatable bonds is 6. The molecule has 0 amide bonds. The van der Waals surface area contributed by atoms with Crippen LogP contribution in [-0.2, 0) is 22.0 Å². The average Bonchev–Trinajstić information content (AvgIpc) is 2.83. The lowest BCUT2D eigenvalue weighted by atomic mass is 9.94. The van der Waals surface area contributed by atoms with Gasteiger partial charge in [-0.3, -0.25) is 0 Å². The van der Waals surface area contributed by atoms with Crippen molar-refractivity contribution in [2.45, 2.75) is 37.6 Å². The van der Waals surface area contributed by atoms with Gasteiger partial charge in [0.05, 0.1) is 4.91 Å². The van der Waals surface area contributed by atoms with E-state index in [1.165, 1.54) is 46.8 Å². The van der Waals surface area contributed by atoms with Gasteiger partial charge < -0.3 is 10.0 Å². The zero-order chi connectivity index (χ0) is 27.0. The normalized spacial score (nSPS) is 21.0. The van der Waals surface area contributed by atoms with Gasteiger partial charge in [0.25, 0.3) is 0 Å². The lowest BCUT2D eigenvalue weighted by Crippen LogP contribution is -2.56. The largest absolute Gasteiger partial charge is 0.421 e. The topological polar surface area (TPSA) is 60.9 Å². The molecule has 0 saturated carbocycles. The summed E-state index contributed by atoms with van der Waals surface area (Å²) in [5.41, 5.74) is -2.10. The highest BCUT2D eigenvalue weighted by Gasteiger charge is 2.51. The molecular formula is C26H26F4N2O3S2. The number of alkyl halides is 3. The Labute approximate surface area is 218 Å². The molecule has 2 aromatic rings. The van der Waals surface area contributed by atoms with E-state index in [4.69, 9.17) is 12.2 Å². The van der Waals surface area contributed by atoms with Gasteiger partial charge in [0.1, 0.15) is 5.82 Å². The smallest absolute Gasteiger partial charge is 0.376 e. The van der Waals surface area contributed by atoms with Gasteiger partial charge in [-0.15, -0.1) is 0 Å². The van der Waals surface area contributed by atoms with E-state index in [9.17, 15) is 31.1 Å². The molecule has 11 heteroatoms. The van der Waals surface area contributed by atoms with Crippen molar-refractivity contribution in [1.29, 1.82) is 0 Å². The molecule has 5 nitrogen and oxygen atoms in total. The number of hydrogen-bond donors (Lipinski definition) is 1. The first kappa shape index (κ1) is 27.4. The minimum Gasteiger partial charge on any atom is -0.376 e. The zero-order valence-corrected chi connectivity index (χ0v) is 21.6. The Hall–Kier alpha value is -2.60. The van der Waals surface area contributed by atoms with Crippen molar-refractivity contribution in [1.82, 2.24) is 4.31 Å². The summed E-state index contributed by atoms with van der Waals surface area (Å²) in [7, 11) is -3.87. The fraction of sp³-hybridized carbons (Fsp3) is 0.346. The predicted molar refractivity (Wildman–Crippen MR) is 138 cm³/mol. The number of benzene rings is 2. The van der Waals surface area contributed by atoms with Crippen LogP contribution in [0.2, 0.25) is 0 Å². The molecule has 2 unspecified atom stereocenters. The average molecular weight is 555 g/mol. The summed E-state index contributed by atoms with van der Waals surface area (Å²) < 4.78 is 81.9. The van der Waals surface area contributed by atoms with Crippen molar-refractivity contribution in [3.63, 3.8) is 0 Å². The summed E-state index contributed by atoms with van der Waals surface area (Å²) >= 11 is 5.28. The van der Waals surface area contributed by atoms with Crippen molar-refractivity contribution < 1.29 is 31.1 Å². The molecule has 0 aromatic heterocycles. The maximum Gasteiger partial charge on any atom is 0.421 e. The first-order valence-corrected chi connectivity index (χ1v) is 13.5. The molecule has 198 valence electrons. The van der Waals surface area contributed by atoms with Crippen molar-refractivity contribution in [2.24, 2.45) is 0 Å². The fourth-order valence-corrected chi connectivity index (χ4v) is 6.60. The third-order valence-corrected chi connectivity index (χ3v) is 9.16. The number of piperazine rings is 1. The predicted octanol–water partition coefficient (Wildman–Crippen LogP) is 4.87. The SMILES string of the molecule is CC(O)(c1ccc(N2CCN(S(=O)(=O)C3=CC=CCC3=S)CC2Cc2cccc(F)c2)cc1)C(F)(F)F. The van der Waals surface area contributed by atoms with Gasteiger partial charge in [0, 0.05) is 42.6 Å². The van der Waals surface area contributed by atoms with Crippen molar-refractivity contribution in [2.75, 3.05) is 24.5 Å². The molecule has 1 fully saturated rings. The summed E-state index contributed by atoms with van der Waals surface area (Å²) in [6, 6.07) is 10.9. The van der Waals surface area contributed by atoms with Gasteiger partial charge >= 0.3 is 6.18 Å². The van der Waals surface area contributed by atoms with E-state index in [0.29, 0.717) is 35.9 Å². The van der Waals surface area contributed by atoms with Gasteiger partial charge in [-0.25, -0.2) is 12.8 Å². The van der Waals surface area contributed by atoms with E-state index in [2.05, 4.69) is 0 Å². The number of nitrogens with zero attached hydrogens (tertiary/aromatic N) is 2. The van der Waals surface area contributed by atoms with Gasteiger partial charge in [0.2, 0.25) is 10.0 Å². The summed E-state index contributed by atoms with van der Waals surface area (Å²) in [6.07, 6.45) is 0.737. The maximum absolute atomic E-state index is 13.9. The summed E-state index contributed by atoms with van der Waals surface area (Å²) in [5, 5.41) is 10.00. The molecule has 1 aliphatic carbocycles.